The second-order valence-electron chi connectivity index (χ2n) is 8.39. The van der Waals surface area contributed by atoms with Gasteiger partial charge in [-0.15, -0.1) is 0 Å². The van der Waals surface area contributed by atoms with Crippen molar-refractivity contribution in [3.05, 3.63) is 93.5 Å². The molecule has 186 valence electrons. The molecule has 9 nitrogen and oxygen atoms in total. The average Bonchev–Trinajstić information content (AvgIpc) is 2.90. The number of methoxy groups -OCH3 is 2. The third-order valence-electron chi connectivity index (χ3n) is 6.27. The minimum atomic E-state index is -0.975. The summed E-state index contributed by atoms with van der Waals surface area (Å²) >= 11 is 0. The number of carboxylic acid groups (broad SMARTS) is 1. The largest absolute Gasteiger partial charge is 0.493 e. The Morgan fingerprint density at radius 3 is 2.33 bits per heavy atom. The number of benzene rings is 3. The maximum atomic E-state index is 12.9. The lowest BCUT2D eigenvalue weighted by molar-refractivity contribution is 0.0696. The van der Waals surface area contributed by atoms with Crippen LogP contribution in [0.1, 0.15) is 59.4 Å². The molecule has 36 heavy (non-hydrogen) atoms. The molecule has 0 aromatic heterocycles. The van der Waals surface area contributed by atoms with Crippen LogP contribution in [0.2, 0.25) is 0 Å². The molecule has 0 aliphatic carbocycles. The van der Waals surface area contributed by atoms with Gasteiger partial charge in [-0.1, -0.05) is 12.1 Å². The summed E-state index contributed by atoms with van der Waals surface area (Å²) in [5.41, 5.74) is 9.93. The number of ether oxygens (including phenoxy) is 2. The number of amides is 2. The van der Waals surface area contributed by atoms with E-state index >= 15 is 0 Å². The molecule has 3 aromatic carbocycles. The van der Waals surface area contributed by atoms with Crippen molar-refractivity contribution < 1.29 is 29.0 Å². The van der Waals surface area contributed by atoms with Gasteiger partial charge in [0.1, 0.15) is 0 Å². The standard InChI is InChI=1S/C27H27N3O6/c1-35-22-8-5-17(13-23(22)36-2)26(32)30-14-19-12-16(25(28)31)3-6-21(19)24-20-7-4-18(27(33)34)11-15(20)9-10-29-24/h3-8,11-13,24,29H,9-10,14H2,1-2H3,(H2,28,31)(H,30,32)(H,33,34). The van der Waals surface area contributed by atoms with Gasteiger partial charge in [0.2, 0.25) is 5.91 Å². The Morgan fingerprint density at radius 2 is 1.64 bits per heavy atom. The van der Waals surface area contributed by atoms with E-state index in [9.17, 15) is 19.5 Å². The molecule has 5 N–H and O–H groups in total. The Labute approximate surface area is 208 Å². The van der Waals surface area contributed by atoms with Crippen LogP contribution in [0.15, 0.2) is 54.6 Å². The molecular formula is C27H27N3O6. The highest BCUT2D eigenvalue weighted by Gasteiger charge is 2.25. The van der Waals surface area contributed by atoms with Crippen LogP contribution in [0.5, 0.6) is 11.5 Å². The molecule has 0 saturated carbocycles. The van der Waals surface area contributed by atoms with Crippen LogP contribution in [0, 0.1) is 0 Å². The molecule has 4 rings (SSSR count). The van der Waals surface area contributed by atoms with E-state index in [1.807, 2.05) is 12.1 Å². The van der Waals surface area contributed by atoms with Crippen molar-refractivity contribution in [2.45, 2.75) is 19.0 Å². The van der Waals surface area contributed by atoms with E-state index in [-0.39, 0.29) is 24.1 Å². The smallest absolute Gasteiger partial charge is 0.335 e. The molecule has 0 bridgehead atoms. The molecule has 1 aliphatic rings. The van der Waals surface area contributed by atoms with Crippen LogP contribution < -0.4 is 25.8 Å². The third kappa shape index (κ3) is 5.01. The summed E-state index contributed by atoms with van der Waals surface area (Å²) in [6.07, 6.45) is 0.692. The lowest BCUT2D eigenvalue weighted by Crippen LogP contribution is -2.32. The van der Waals surface area contributed by atoms with Crippen LogP contribution in [-0.4, -0.2) is 43.7 Å². The summed E-state index contributed by atoms with van der Waals surface area (Å²) in [4.78, 5) is 36.2. The van der Waals surface area contributed by atoms with E-state index in [1.54, 1.807) is 42.5 Å². The fourth-order valence-electron chi connectivity index (χ4n) is 4.42. The van der Waals surface area contributed by atoms with Gasteiger partial charge in [0.15, 0.2) is 11.5 Å². The van der Waals surface area contributed by atoms with E-state index in [2.05, 4.69) is 10.6 Å². The van der Waals surface area contributed by atoms with Gasteiger partial charge < -0.3 is 30.9 Å². The maximum absolute atomic E-state index is 12.9. The van der Waals surface area contributed by atoms with Crippen molar-refractivity contribution in [3.8, 4) is 11.5 Å². The van der Waals surface area contributed by atoms with Gasteiger partial charge in [-0.25, -0.2) is 4.79 Å². The van der Waals surface area contributed by atoms with Gasteiger partial charge in [0, 0.05) is 24.2 Å². The molecule has 1 aliphatic heterocycles. The molecular weight excluding hydrogens is 462 g/mol. The number of rotatable bonds is 8. The van der Waals surface area contributed by atoms with Crippen molar-refractivity contribution >= 4 is 17.8 Å². The summed E-state index contributed by atoms with van der Waals surface area (Å²) < 4.78 is 10.5. The van der Waals surface area contributed by atoms with E-state index in [4.69, 9.17) is 15.2 Å². The number of nitrogens with two attached hydrogens (primary N) is 1. The predicted octanol–water partition coefficient (Wildman–Crippen LogP) is 2.67. The van der Waals surface area contributed by atoms with Gasteiger partial charge in [-0.3, -0.25) is 9.59 Å². The van der Waals surface area contributed by atoms with Gasteiger partial charge >= 0.3 is 5.97 Å². The summed E-state index contributed by atoms with van der Waals surface area (Å²) in [6, 6.07) is 14.9. The minimum absolute atomic E-state index is 0.143. The van der Waals surface area contributed by atoms with E-state index < -0.39 is 11.9 Å². The normalized spacial score (nSPS) is 14.4. The van der Waals surface area contributed by atoms with Crippen molar-refractivity contribution in [2.75, 3.05) is 20.8 Å². The average molecular weight is 490 g/mol. The fourth-order valence-corrected chi connectivity index (χ4v) is 4.42. The first-order valence-electron chi connectivity index (χ1n) is 11.3. The molecule has 9 heteroatoms. The SMILES string of the molecule is COc1ccc(C(=O)NCc2cc(C(N)=O)ccc2C2NCCc3cc(C(=O)O)ccc32)cc1OC. The number of hydrogen-bond donors (Lipinski definition) is 4. The van der Waals surface area contributed by atoms with E-state index in [0.29, 0.717) is 41.2 Å². The Morgan fingerprint density at radius 1 is 0.944 bits per heavy atom. The van der Waals surface area contributed by atoms with Gasteiger partial charge in [-0.2, -0.15) is 0 Å². The van der Waals surface area contributed by atoms with E-state index in [1.165, 1.54) is 14.2 Å². The van der Waals surface area contributed by atoms with Crippen molar-refractivity contribution in [2.24, 2.45) is 5.73 Å². The monoisotopic (exact) mass is 489 g/mol. The summed E-state index contributed by atoms with van der Waals surface area (Å²) in [5.74, 6) is -0.923. The molecule has 1 atom stereocenters. The third-order valence-corrected chi connectivity index (χ3v) is 6.27. The first-order valence-corrected chi connectivity index (χ1v) is 11.3. The predicted molar refractivity (Wildman–Crippen MR) is 133 cm³/mol. The second kappa shape index (κ2) is 10.5. The molecule has 0 saturated heterocycles. The van der Waals surface area contributed by atoms with Crippen LogP contribution in [0.3, 0.4) is 0 Å². The number of nitrogens with one attached hydrogen (secondary N) is 2. The molecule has 0 radical (unpaired) electrons. The Kier molecular flexibility index (Phi) is 7.21. The highest BCUT2D eigenvalue weighted by atomic mass is 16.5. The molecule has 2 amide bonds. The topological polar surface area (TPSA) is 140 Å². The number of carbonyl (C=O) groups excluding carboxylic acids is 2. The summed E-state index contributed by atoms with van der Waals surface area (Å²) in [5, 5.41) is 15.7. The molecule has 1 heterocycles. The number of primary amides is 1. The number of carbonyl (C=O) groups is 3. The maximum Gasteiger partial charge on any atom is 0.335 e. The molecule has 0 spiro atoms. The molecule has 1 unspecified atom stereocenters. The summed E-state index contributed by atoms with van der Waals surface area (Å²) in [6.45, 7) is 0.792. The quantitative estimate of drug-likeness (QED) is 0.381. The number of fused-ring (bicyclic) bond motifs is 1. The van der Waals surface area contributed by atoms with Crippen LogP contribution >= 0.6 is 0 Å². The minimum Gasteiger partial charge on any atom is -0.493 e. The van der Waals surface area contributed by atoms with Crippen LogP contribution in [0.25, 0.3) is 0 Å². The first kappa shape index (κ1) is 24.7. The number of hydrogen-bond acceptors (Lipinski definition) is 6. The second-order valence-corrected chi connectivity index (χ2v) is 8.39. The fraction of sp³-hybridized carbons (Fsp3) is 0.222. The first-order chi connectivity index (χ1) is 17.3. The van der Waals surface area contributed by atoms with Gasteiger partial charge in [0.05, 0.1) is 25.8 Å². The van der Waals surface area contributed by atoms with Gasteiger partial charge in [-0.05, 0) is 71.1 Å². The zero-order valence-electron chi connectivity index (χ0n) is 20.0. The van der Waals surface area contributed by atoms with Gasteiger partial charge in [0.25, 0.3) is 5.91 Å². The highest BCUT2D eigenvalue weighted by Crippen LogP contribution is 2.32. The number of aromatic carboxylic acids is 1. The lowest BCUT2D eigenvalue weighted by atomic mass is 9.86. The van der Waals surface area contributed by atoms with Crippen molar-refractivity contribution in [3.63, 3.8) is 0 Å². The Bertz CT molecular complexity index is 1340. The molecule has 3 aromatic rings. The Hall–Kier alpha value is -4.37. The zero-order chi connectivity index (χ0) is 25.8. The number of carboxylic acids is 1. The van der Waals surface area contributed by atoms with Crippen LogP contribution in [-0.2, 0) is 13.0 Å². The lowest BCUT2D eigenvalue weighted by Gasteiger charge is -2.29. The zero-order valence-corrected chi connectivity index (χ0v) is 20.0. The van der Waals surface area contributed by atoms with Crippen LogP contribution in [0.4, 0.5) is 0 Å². The Balaban J connectivity index is 1.65. The van der Waals surface area contributed by atoms with E-state index in [0.717, 1.165) is 16.7 Å². The molecule has 0 fully saturated rings. The van der Waals surface area contributed by atoms with Crippen molar-refractivity contribution in [1.29, 1.82) is 0 Å². The summed E-state index contributed by atoms with van der Waals surface area (Å²) in [7, 11) is 3.01. The van der Waals surface area contributed by atoms with Crippen molar-refractivity contribution in [1.82, 2.24) is 10.6 Å². The highest BCUT2D eigenvalue weighted by molar-refractivity contribution is 5.95.